The van der Waals surface area contributed by atoms with Crippen molar-refractivity contribution in [2.45, 2.75) is 110 Å². The summed E-state index contributed by atoms with van der Waals surface area (Å²) in [5.41, 5.74) is 0. The standard InChI is InChI=1S/C17H34O2.C6H14O3/c1-3-5-7-9-10-12-14-16(15-17(18)19)13-11-8-6-4-2;7-3-1-2-6(4-8)5-9/h16H,3-15H2,1-2H3,(H,18,19);6-9H,1-5H2. The normalized spacial score (nSPS) is 11.9. The van der Waals surface area contributed by atoms with Gasteiger partial charge in [0.25, 0.3) is 0 Å². The number of aliphatic hydroxyl groups excluding tert-OH is 3. The molecule has 5 nitrogen and oxygen atoms in total. The number of hydrogen-bond donors (Lipinski definition) is 4. The largest absolute Gasteiger partial charge is 0.481 e. The van der Waals surface area contributed by atoms with Gasteiger partial charge >= 0.3 is 5.97 Å². The van der Waals surface area contributed by atoms with E-state index in [1.54, 1.807) is 0 Å². The van der Waals surface area contributed by atoms with Crippen molar-refractivity contribution >= 4 is 5.97 Å². The van der Waals surface area contributed by atoms with Crippen LogP contribution < -0.4 is 0 Å². The van der Waals surface area contributed by atoms with Crippen LogP contribution in [-0.4, -0.2) is 46.2 Å². The Hall–Kier alpha value is -0.650. The lowest BCUT2D eigenvalue weighted by Gasteiger charge is -2.14. The van der Waals surface area contributed by atoms with Crippen molar-refractivity contribution < 1.29 is 25.2 Å². The molecule has 0 aliphatic carbocycles. The molecule has 4 N–H and O–H groups in total. The van der Waals surface area contributed by atoms with Crippen LogP contribution in [0.1, 0.15) is 110 Å². The lowest BCUT2D eigenvalue weighted by Crippen LogP contribution is -2.11. The summed E-state index contributed by atoms with van der Waals surface area (Å²) >= 11 is 0. The second kappa shape index (κ2) is 24.4. The molecular formula is C23H48O5. The van der Waals surface area contributed by atoms with E-state index in [2.05, 4.69) is 13.8 Å². The van der Waals surface area contributed by atoms with Crippen molar-refractivity contribution in [2.75, 3.05) is 19.8 Å². The lowest BCUT2D eigenvalue weighted by atomic mass is 9.91. The number of hydrogen-bond acceptors (Lipinski definition) is 4. The maximum atomic E-state index is 10.9. The second-order valence-corrected chi connectivity index (χ2v) is 7.97. The van der Waals surface area contributed by atoms with Gasteiger partial charge in [-0.15, -0.1) is 0 Å². The van der Waals surface area contributed by atoms with Crippen LogP contribution in [0.5, 0.6) is 0 Å². The quantitative estimate of drug-likeness (QED) is 0.223. The molecule has 0 radical (unpaired) electrons. The van der Waals surface area contributed by atoms with Crippen LogP contribution in [0.4, 0.5) is 0 Å². The highest BCUT2D eigenvalue weighted by Crippen LogP contribution is 2.21. The predicted octanol–water partition coefficient (Wildman–Crippen LogP) is 5.16. The summed E-state index contributed by atoms with van der Waals surface area (Å²) in [5, 5.41) is 34.3. The molecule has 5 heteroatoms. The zero-order valence-electron chi connectivity index (χ0n) is 18.6. The van der Waals surface area contributed by atoms with Crippen molar-refractivity contribution in [1.82, 2.24) is 0 Å². The molecule has 0 aromatic rings. The molecule has 0 aromatic heterocycles. The van der Waals surface area contributed by atoms with Crippen molar-refractivity contribution in [3.8, 4) is 0 Å². The molecule has 1 atom stereocenters. The maximum Gasteiger partial charge on any atom is 0.303 e. The van der Waals surface area contributed by atoms with E-state index >= 15 is 0 Å². The fourth-order valence-corrected chi connectivity index (χ4v) is 3.29. The van der Waals surface area contributed by atoms with Crippen molar-refractivity contribution in [2.24, 2.45) is 11.8 Å². The summed E-state index contributed by atoms with van der Waals surface area (Å²) in [6, 6.07) is 0. The van der Waals surface area contributed by atoms with E-state index in [1.165, 1.54) is 64.2 Å². The minimum absolute atomic E-state index is 0.0104. The Bertz CT molecular complexity index is 305. The molecule has 0 saturated carbocycles. The van der Waals surface area contributed by atoms with E-state index in [9.17, 15) is 4.79 Å². The number of carboxylic acid groups (broad SMARTS) is 1. The number of carboxylic acids is 1. The maximum absolute atomic E-state index is 10.9. The van der Waals surface area contributed by atoms with Gasteiger partial charge in [-0.05, 0) is 31.6 Å². The van der Waals surface area contributed by atoms with Crippen LogP contribution in [0.25, 0.3) is 0 Å². The lowest BCUT2D eigenvalue weighted by molar-refractivity contribution is -0.138. The van der Waals surface area contributed by atoms with Gasteiger partial charge in [0.2, 0.25) is 0 Å². The zero-order chi connectivity index (χ0) is 21.5. The minimum atomic E-state index is -0.619. The molecule has 0 spiro atoms. The van der Waals surface area contributed by atoms with Crippen molar-refractivity contribution in [3.63, 3.8) is 0 Å². The van der Waals surface area contributed by atoms with Crippen LogP contribution in [0, 0.1) is 11.8 Å². The van der Waals surface area contributed by atoms with Gasteiger partial charge < -0.3 is 20.4 Å². The summed E-state index contributed by atoms with van der Waals surface area (Å²) in [6.07, 6.45) is 16.8. The van der Waals surface area contributed by atoms with Crippen LogP contribution in [-0.2, 0) is 4.79 Å². The minimum Gasteiger partial charge on any atom is -0.481 e. The highest BCUT2D eigenvalue weighted by molar-refractivity contribution is 5.66. The number of aliphatic hydroxyl groups is 3. The first-order valence-electron chi connectivity index (χ1n) is 11.6. The Labute approximate surface area is 173 Å². The number of carbonyl (C=O) groups is 1. The summed E-state index contributed by atoms with van der Waals surface area (Å²) < 4.78 is 0. The first-order valence-corrected chi connectivity index (χ1v) is 11.6. The van der Waals surface area contributed by atoms with Crippen LogP contribution in [0.2, 0.25) is 0 Å². The average molecular weight is 405 g/mol. The Morgan fingerprint density at radius 3 is 1.50 bits per heavy atom. The molecule has 0 aromatic carbocycles. The van der Waals surface area contributed by atoms with Gasteiger partial charge in [-0.1, -0.05) is 78.1 Å². The molecule has 0 aliphatic rings. The van der Waals surface area contributed by atoms with Crippen molar-refractivity contribution in [3.05, 3.63) is 0 Å². The third-order valence-corrected chi connectivity index (χ3v) is 5.18. The second-order valence-electron chi connectivity index (χ2n) is 7.97. The molecule has 0 fully saturated rings. The van der Waals surface area contributed by atoms with Crippen LogP contribution >= 0.6 is 0 Å². The van der Waals surface area contributed by atoms with Gasteiger partial charge in [-0.2, -0.15) is 0 Å². The third-order valence-electron chi connectivity index (χ3n) is 5.18. The molecule has 170 valence electrons. The van der Waals surface area contributed by atoms with Crippen molar-refractivity contribution in [1.29, 1.82) is 0 Å². The first kappa shape index (κ1) is 29.6. The van der Waals surface area contributed by atoms with Gasteiger partial charge in [0.05, 0.1) is 0 Å². The Kier molecular flexibility index (Phi) is 25.7. The van der Waals surface area contributed by atoms with Gasteiger partial charge in [0.1, 0.15) is 0 Å². The Morgan fingerprint density at radius 1 is 0.643 bits per heavy atom. The fraction of sp³-hybridized carbons (Fsp3) is 0.957. The summed E-state index contributed by atoms with van der Waals surface area (Å²) in [6.45, 7) is 4.60. The molecule has 0 amide bonds. The molecule has 0 saturated heterocycles. The zero-order valence-corrected chi connectivity index (χ0v) is 18.6. The monoisotopic (exact) mass is 404 g/mol. The topological polar surface area (TPSA) is 98.0 Å². The highest BCUT2D eigenvalue weighted by atomic mass is 16.4. The number of rotatable bonds is 19. The predicted molar refractivity (Wildman–Crippen MR) is 116 cm³/mol. The molecule has 1 unspecified atom stereocenters. The molecule has 0 rings (SSSR count). The van der Waals surface area contributed by atoms with Gasteiger partial charge in [0, 0.05) is 32.2 Å². The molecular weight excluding hydrogens is 356 g/mol. The summed E-state index contributed by atoms with van der Waals surface area (Å²) in [4.78, 5) is 10.9. The summed E-state index contributed by atoms with van der Waals surface area (Å²) in [7, 11) is 0. The van der Waals surface area contributed by atoms with E-state index in [0.717, 1.165) is 12.8 Å². The third kappa shape index (κ3) is 23.4. The number of unbranched alkanes of at least 4 members (excludes halogenated alkanes) is 8. The molecule has 0 aliphatic heterocycles. The SMILES string of the molecule is CCCCCCCCC(CCCCCC)CC(=O)O.OCCCC(CO)CO. The van der Waals surface area contributed by atoms with E-state index in [1.807, 2.05) is 0 Å². The highest BCUT2D eigenvalue weighted by Gasteiger charge is 2.12. The smallest absolute Gasteiger partial charge is 0.303 e. The Morgan fingerprint density at radius 2 is 1.07 bits per heavy atom. The fourth-order valence-electron chi connectivity index (χ4n) is 3.29. The van der Waals surface area contributed by atoms with E-state index < -0.39 is 5.97 Å². The first-order chi connectivity index (χ1) is 13.5. The van der Waals surface area contributed by atoms with Gasteiger partial charge in [-0.25, -0.2) is 0 Å². The number of aliphatic carboxylic acids is 1. The Balaban J connectivity index is 0. The summed E-state index contributed by atoms with van der Waals surface area (Å²) in [5.74, 6) is -0.246. The average Bonchev–Trinajstić information content (AvgIpc) is 2.68. The van der Waals surface area contributed by atoms with Gasteiger partial charge in [-0.3, -0.25) is 4.79 Å². The molecule has 28 heavy (non-hydrogen) atoms. The van der Waals surface area contributed by atoms with E-state index in [4.69, 9.17) is 20.4 Å². The van der Waals surface area contributed by atoms with Gasteiger partial charge in [0.15, 0.2) is 0 Å². The molecule has 0 heterocycles. The van der Waals surface area contributed by atoms with E-state index in [-0.39, 0.29) is 25.7 Å². The van der Waals surface area contributed by atoms with E-state index in [0.29, 0.717) is 25.2 Å². The van der Waals surface area contributed by atoms with Crippen LogP contribution in [0.15, 0.2) is 0 Å². The van der Waals surface area contributed by atoms with Crippen LogP contribution in [0.3, 0.4) is 0 Å². The molecule has 0 bridgehead atoms.